The third kappa shape index (κ3) is 3.46. The summed E-state index contributed by atoms with van der Waals surface area (Å²) in [5, 5.41) is 11.8. The Morgan fingerprint density at radius 1 is 1.17 bits per heavy atom. The minimum absolute atomic E-state index is 0.386. The predicted octanol–water partition coefficient (Wildman–Crippen LogP) is 4.34. The monoisotopic (exact) mass is 390 g/mol. The largest absolute Gasteiger partial charge is 0.496 e. The van der Waals surface area contributed by atoms with Gasteiger partial charge in [0.2, 0.25) is 0 Å². The average Bonchev–Trinajstić information content (AvgIpc) is 3.00. The van der Waals surface area contributed by atoms with Crippen LogP contribution in [0.25, 0.3) is 0 Å². The van der Waals surface area contributed by atoms with E-state index in [-0.39, 0.29) is 0 Å². The van der Waals surface area contributed by atoms with E-state index >= 15 is 0 Å². The minimum Gasteiger partial charge on any atom is -0.496 e. The lowest BCUT2D eigenvalue weighted by Crippen LogP contribution is -2.23. The van der Waals surface area contributed by atoms with E-state index in [1.165, 1.54) is 0 Å². The molecule has 126 valence electrons. The first-order chi connectivity index (χ1) is 11.6. The number of ether oxygens (including phenoxy) is 2. The number of aryl methyl sites for hydroxylation is 1. The van der Waals surface area contributed by atoms with Crippen molar-refractivity contribution in [3.8, 4) is 11.5 Å². The number of nitrogens with zero attached hydrogens (tertiary/aromatic N) is 4. The molecule has 0 spiro atoms. The molecule has 0 saturated heterocycles. The van der Waals surface area contributed by atoms with Crippen LogP contribution < -0.4 is 14.5 Å². The zero-order chi connectivity index (χ0) is 17.1. The first-order valence-electron chi connectivity index (χ1n) is 7.53. The molecule has 0 aliphatic carbocycles. The topological polar surface area (TPSA) is 49.7 Å². The molecule has 1 heterocycles. The van der Waals surface area contributed by atoms with Crippen molar-refractivity contribution in [2.45, 2.75) is 13.5 Å². The van der Waals surface area contributed by atoms with Crippen molar-refractivity contribution in [2.75, 3.05) is 25.8 Å². The Balaban J connectivity index is 1.87. The number of halogens is 1. The third-order valence-corrected chi connectivity index (χ3v) is 4.25. The second-order valence-corrected chi connectivity index (χ2v) is 6.45. The van der Waals surface area contributed by atoms with Crippen molar-refractivity contribution in [1.29, 1.82) is 0 Å². The molecule has 2 aromatic rings. The molecular weight excluding hydrogens is 372 g/mol. The number of rotatable bonds is 5. The van der Waals surface area contributed by atoms with Crippen LogP contribution in [0.2, 0.25) is 0 Å². The summed E-state index contributed by atoms with van der Waals surface area (Å²) in [5.74, 6) is 1.61. The highest BCUT2D eigenvalue weighted by Crippen LogP contribution is 2.33. The molecule has 0 saturated carbocycles. The van der Waals surface area contributed by atoms with Crippen molar-refractivity contribution in [3.63, 3.8) is 0 Å². The molecule has 0 fully saturated rings. The van der Waals surface area contributed by atoms with Crippen LogP contribution in [-0.4, -0.2) is 25.8 Å². The summed E-state index contributed by atoms with van der Waals surface area (Å²) in [5.41, 5.74) is 2.94. The van der Waals surface area contributed by atoms with E-state index in [1.807, 2.05) is 55.4 Å². The second kappa shape index (κ2) is 7.09. The minimum atomic E-state index is 0.386. The molecule has 0 bridgehead atoms. The fourth-order valence-electron chi connectivity index (χ4n) is 2.55. The van der Waals surface area contributed by atoms with Gasteiger partial charge in [-0.25, -0.2) is 5.01 Å². The molecule has 3 rings (SSSR count). The molecule has 1 aliphatic heterocycles. The smallest absolute Gasteiger partial charge is 0.132 e. The molecule has 1 aliphatic rings. The number of hydrogen-bond donors (Lipinski definition) is 0. The van der Waals surface area contributed by atoms with Gasteiger partial charge >= 0.3 is 0 Å². The van der Waals surface area contributed by atoms with Gasteiger partial charge in [-0.3, -0.25) is 5.01 Å². The first-order valence-corrected chi connectivity index (χ1v) is 8.33. The van der Waals surface area contributed by atoms with Crippen molar-refractivity contribution in [2.24, 2.45) is 10.4 Å². The summed E-state index contributed by atoms with van der Waals surface area (Å²) in [4.78, 5) is 0. The van der Waals surface area contributed by atoms with Crippen LogP contribution in [0.4, 0.5) is 5.69 Å². The van der Waals surface area contributed by atoms with Crippen LogP contribution in [0.1, 0.15) is 11.1 Å². The Morgan fingerprint density at radius 3 is 2.67 bits per heavy atom. The Kier molecular flexibility index (Phi) is 4.89. The Labute approximate surface area is 149 Å². The van der Waals surface area contributed by atoms with Crippen molar-refractivity contribution in [3.05, 3.63) is 52.0 Å². The van der Waals surface area contributed by atoms with Crippen LogP contribution in [0, 0.1) is 6.92 Å². The summed E-state index contributed by atoms with van der Waals surface area (Å²) in [7, 11) is 3.54. The SMILES string of the molecule is COc1cccc(N2CN(C)N=N2)c1COc1ccc(Br)cc1C. The number of anilines is 1. The van der Waals surface area contributed by atoms with Gasteiger partial charge in [0.15, 0.2) is 0 Å². The Hall–Kier alpha value is -2.28. The number of methoxy groups -OCH3 is 1. The number of hydrogen-bond acceptors (Lipinski definition) is 6. The molecule has 2 aromatic carbocycles. The van der Waals surface area contributed by atoms with E-state index in [1.54, 1.807) is 12.1 Å². The van der Waals surface area contributed by atoms with Gasteiger partial charge in [-0.05, 0) is 48.0 Å². The van der Waals surface area contributed by atoms with E-state index in [9.17, 15) is 0 Å². The zero-order valence-electron chi connectivity index (χ0n) is 13.9. The second-order valence-electron chi connectivity index (χ2n) is 5.53. The van der Waals surface area contributed by atoms with E-state index in [4.69, 9.17) is 9.47 Å². The molecule has 0 unspecified atom stereocenters. The lowest BCUT2D eigenvalue weighted by atomic mass is 10.1. The molecule has 0 amide bonds. The van der Waals surface area contributed by atoms with Crippen molar-refractivity contribution < 1.29 is 9.47 Å². The van der Waals surface area contributed by atoms with Gasteiger partial charge in [-0.15, -0.1) is 0 Å². The summed E-state index contributed by atoms with van der Waals surface area (Å²) in [6, 6.07) is 11.8. The fourth-order valence-corrected chi connectivity index (χ4v) is 3.02. The van der Waals surface area contributed by atoms with Crippen LogP contribution in [0.3, 0.4) is 0 Å². The molecule has 7 heteroatoms. The maximum absolute atomic E-state index is 6.03. The van der Waals surface area contributed by atoms with E-state index in [2.05, 4.69) is 26.4 Å². The molecule has 0 N–H and O–H groups in total. The van der Waals surface area contributed by atoms with Gasteiger partial charge in [0.05, 0.1) is 18.4 Å². The highest BCUT2D eigenvalue weighted by atomic mass is 79.9. The predicted molar refractivity (Wildman–Crippen MR) is 96.2 cm³/mol. The van der Waals surface area contributed by atoms with Crippen LogP contribution in [0.5, 0.6) is 11.5 Å². The third-order valence-electron chi connectivity index (χ3n) is 3.75. The lowest BCUT2D eigenvalue weighted by molar-refractivity contribution is 0.294. The van der Waals surface area contributed by atoms with Gasteiger partial charge in [-0.2, -0.15) is 0 Å². The number of benzene rings is 2. The van der Waals surface area contributed by atoms with Gasteiger partial charge in [0, 0.05) is 11.5 Å². The first kappa shape index (κ1) is 16.6. The zero-order valence-corrected chi connectivity index (χ0v) is 15.4. The summed E-state index contributed by atoms with van der Waals surface area (Å²) < 4.78 is 12.6. The molecule has 0 radical (unpaired) electrons. The van der Waals surface area contributed by atoms with Crippen molar-refractivity contribution in [1.82, 2.24) is 5.01 Å². The van der Waals surface area contributed by atoms with Gasteiger partial charge < -0.3 is 9.47 Å². The quantitative estimate of drug-likeness (QED) is 0.761. The molecule has 0 atom stereocenters. The highest BCUT2D eigenvalue weighted by molar-refractivity contribution is 9.10. The van der Waals surface area contributed by atoms with Crippen LogP contribution >= 0.6 is 15.9 Å². The van der Waals surface area contributed by atoms with Gasteiger partial charge in [0.25, 0.3) is 0 Å². The normalized spacial score (nSPS) is 13.5. The van der Waals surface area contributed by atoms with Gasteiger partial charge in [0.1, 0.15) is 24.8 Å². The Morgan fingerprint density at radius 2 is 2.00 bits per heavy atom. The highest BCUT2D eigenvalue weighted by Gasteiger charge is 2.20. The summed E-state index contributed by atoms with van der Waals surface area (Å²) in [6.45, 7) is 3.00. The lowest BCUT2D eigenvalue weighted by Gasteiger charge is -2.20. The van der Waals surface area contributed by atoms with Gasteiger partial charge in [-0.1, -0.05) is 27.2 Å². The Bertz CT molecular complexity index is 766. The standard InChI is InChI=1S/C17H19BrN4O2/c1-12-9-13(18)7-8-16(12)24-10-14-15(5-4-6-17(14)23-3)22-11-21(2)19-20-22/h4-9H,10-11H2,1-3H3. The molecule has 6 nitrogen and oxygen atoms in total. The van der Waals surface area contributed by atoms with Crippen LogP contribution in [-0.2, 0) is 6.61 Å². The summed E-state index contributed by atoms with van der Waals surface area (Å²) >= 11 is 3.47. The van der Waals surface area contributed by atoms with E-state index in [0.29, 0.717) is 13.3 Å². The molecular formula is C17H19BrN4O2. The fraction of sp³-hybridized carbons (Fsp3) is 0.294. The van der Waals surface area contributed by atoms with E-state index < -0.39 is 0 Å². The maximum Gasteiger partial charge on any atom is 0.132 e. The molecule has 0 aromatic heterocycles. The van der Waals surface area contributed by atoms with Crippen LogP contribution in [0.15, 0.2) is 51.3 Å². The molecule has 24 heavy (non-hydrogen) atoms. The average molecular weight is 391 g/mol. The summed E-state index contributed by atoms with van der Waals surface area (Å²) in [6.07, 6.45) is 0. The maximum atomic E-state index is 6.03. The van der Waals surface area contributed by atoms with Crippen molar-refractivity contribution >= 4 is 21.6 Å². The van der Waals surface area contributed by atoms with E-state index in [0.717, 1.165) is 32.8 Å².